The molecule has 0 atom stereocenters. The number of rotatable bonds is 11. The molecule has 0 bridgehead atoms. The molecule has 3 aromatic rings. The zero-order valence-electron chi connectivity index (χ0n) is 21.8. The molecular weight excluding hydrogens is 482 g/mol. The average molecular weight is 520 g/mol. The van der Waals surface area contributed by atoms with Crippen LogP contribution in [0.1, 0.15) is 73.5 Å². The topological polar surface area (TPSA) is 45.6 Å². The summed E-state index contributed by atoms with van der Waals surface area (Å²) in [6.45, 7) is 3.98. The molecule has 5 nitrogen and oxygen atoms in total. The number of carbonyl (C=O) groups is 2. The van der Waals surface area contributed by atoms with Crippen molar-refractivity contribution < 1.29 is 9.59 Å². The summed E-state index contributed by atoms with van der Waals surface area (Å²) < 4.78 is 2.17. The zero-order valence-corrected chi connectivity index (χ0v) is 22.6. The van der Waals surface area contributed by atoms with Crippen LogP contribution < -0.4 is 0 Å². The molecular formula is C31H38ClN3O2. The molecule has 6 heteroatoms. The minimum absolute atomic E-state index is 0.0257. The summed E-state index contributed by atoms with van der Waals surface area (Å²) in [7, 11) is 0. The first-order chi connectivity index (χ1) is 18.1. The van der Waals surface area contributed by atoms with Crippen LogP contribution in [0.2, 0.25) is 5.02 Å². The van der Waals surface area contributed by atoms with Crippen molar-refractivity contribution in [2.75, 3.05) is 13.1 Å². The third-order valence-corrected chi connectivity index (χ3v) is 7.67. The molecule has 4 rings (SSSR count). The van der Waals surface area contributed by atoms with Gasteiger partial charge in [0.05, 0.1) is 6.54 Å². The lowest BCUT2D eigenvalue weighted by Gasteiger charge is -2.36. The molecule has 1 saturated carbocycles. The zero-order chi connectivity index (χ0) is 26.0. The third-order valence-electron chi connectivity index (χ3n) is 7.31. The van der Waals surface area contributed by atoms with Crippen LogP contribution in [0, 0.1) is 0 Å². The average Bonchev–Trinajstić information content (AvgIpc) is 3.37. The Bertz CT molecular complexity index is 1150. The standard InChI is InChI=1S/C31H38ClN3O2/c1-2-3-20-34(31(37)25-13-6-4-7-14-25)24-30(36)35(27-16-8-5-9-17-27)23-28-18-12-21-33(28)22-26-15-10-11-19-29(26)32/h4,6-7,10-15,18-19,21,27H,2-3,5,8-9,16-17,20,22-24H2,1H3. The van der Waals surface area contributed by atoms with Crippen molar-refractivity contribution in [2.24, 2.45) is 0 Å². The highest BCUT2D eigenvalue weighted by atomic mass is 35.5. The van der Waals surface area contributed by atoms with E-state index in [9.17, 15) is 9.59 Å². The van der Waals surface area contributed by atoms with Crippen molar-refractivity contribution in [2.45, 2.75) is 71.0 Å². The Balaban J connectivity index is 1.55. The molecule has 2 aromatic carbocycles. The van der Waals surface area contributed by atoms with Crippen molar-refractivity contribution in [1.82, 2.24) is 14.4 Å². The second-order valence-corrected chi connectivity index (χ2v) is 10.4. The smallest absolute Gasteiger partial charge is 0.254 e. The highest BCUT2D eigenvalue weighted by Crippen LogP contribution is 2.26. The first-order valence-electron chi connectivity index (χ1n) is 13.6. The van der Waals surface area contributed by atoms with Crippen molar-refractivity contribution >= 4 is 23.4 Å². The fourth-order valence-electron chi connectivity index (χ4n) is 5.16. The van der Waals surface area contributed by atoms with Gasteiger partial charge >= 0.3 is 0 Å². The number of benzene rings is 2. The van der Waals surface area contributed by atoms with E-state index in [0.717, 1.165) is 54.8 Å². The van der Waals surface area contributed by atoms with Crippen LogP contribution in [0.5, 0.6) is 0 Å². The minimum Gasteiger partial charge on any atom is -0.345 e. The van der Waals surface area contributed by atoms with Gasteiger partial charge in [0.1, 0.15) is 6.54 Å². The van der Waals surface area contributed by atoms with E-state index in [0.29, 0.717) is 25.2 Å². The lowest BCUT2D eigenvalue weighted by molar-refractivity contribution is -0.135. The van der Waals surface area contributed by atoms with Gasteiger partial charge in [0.2, 0.25) is 5.91 Å². The summed E-state index contributed by atoms with van der Waals surface area (Å²) in [4.78, 5) is 31.0. The molecule has 1 fully saturated rings. The molecule has 1 aromatic heterocycles. The minimum atomic E-state index is -0.0758. The van der Waals surface area contributed by atoms with E-state index >= 15 is 0 Å². The highest BCUT2D eigenvalue weighted by molar-refractivity contribution is 6.31. The molecule has 2 amide bonds. The van der Waals surface area contributed by atoms with Crippen molar-refractivity contribution in [3.63, 3.8) is 0 Å². The van der Waals surface area contributed by atoms with Gasteiger partial charge in [-0.25, -0.2) is 0 Å². The second kappa shape index (κ2) is 13.5. The van der Waals surface area contributed by atoms with Gasteiger partial charge in [0.25, 0.3) is 5.91 Å². The van der Waals surface area contributed by atoms with Crippen LogP contribution in [0.15, 0.2) is 72.9 Å². The fraction of sp³-hybridized carbons (Fsp3) is 0.419. The molecule has 1 heterocycles. The van der Waals surface area contributed by atoms with Gasteiger partial charge in [0.15, 0.2) is 0 Å². The molecule has 0 spiro atoms. The number of carbonyl (C=O) groups excluding carboxylic acids is 2. The van der Waals surface area contributed by atoms with Gasteiger partial charge in [-0.1, -0.05) is 80.6 Å². The third kappa shape index (κ3) is 7.26. The molecule has 37 heavy (non-hydrogen) atoms. The fourth-order valence-corrected chi connectivity index (χ4v) is 5.36. The van der Waals surface area contributed by atoms with Crippen molar-refractivity contribution in [3.05, 3.63) is 94.8 Å². The Morgan fingerprint density at radius 2 is 1.68 bits per heavy atom. The van der Waals surface area contributed by atoms with E-state index in [1.54, 1.807) is 4.90 Å². The van der Waals surface area contributed by atoms with E-state index in [-0.39, 0.29) is 24.4 Å². The Kier molecular flexibility index (Phi) is 9.84. The summed E-state index contributed by atoms with van der Waals surface area (Å²) in [5, 5.41) is 0.744. The first kappa shape index (κ1) is 27.0. The van der Waals surface area contributed by atoms with Gasteiger partial charge in [-0.3, -0.25) is 9.59 Å². The second-order valence-electron chi connectivity index (χ2n) is 9.98. The van der Waals surface area contributed by atoms with Crippen molar-refractivity contribution in [3.8, 4) is 0 Å². The van der Waals surface area contributed by atoms with Gasteiger partial charge in [-0.15, -0.1) is 0 Å². The maximum atomic E-state index is 13.9. The lowest BCUT2D eigenvalue weighted by atomic mass is 9.94. The normalized spacial score (nSPS) is 13.9. The summed E-state index contributed by atoms with van der Waals surface area (Å²) in [6, 6.07) is 21.5. The predicted molar refractivity (Wildman–Crippen MR) is 150 cm³/mol. The SMILES string of the molecule is CCCCN(CC(=O)N(Cc1cccn1Cc1ccccc1Cl)C1CCCCC1)C(=O)c1ccccc1. The quantitative estimate of drug-likeness (QED) is 0.280. The lowest BCUT2D eigenvalue weighted by Crippen LogP contribution is -2.47. The van der Waals surface area contributed by atoms with E-state index in [1.807, 2.05) is 65.6 Å². The van der Waals surface area contributed by atoms with Crippen LogP contribution in [-0.2, 0) is 17.9 Å². The van der Waals surface area contributed by atoms with Crippen LogP contribution in [-0.4, -0.2) is 45.3 Å². The largest absolute Gasteiger partial charge is 0.345 e. The van der Waals surface area contributed by atoms with E-state index in [4.69, 9.17) is 11.6 Å². The van der Waals surface area contributed by atoms with Gasteiger partial charge in [-0.2, -0.15) is 0 Å². The van der Waals surface area contributed by atoms with Crippen LogP contribution in [0.3, 0.4) is 0 Å². The van der Waals surface area contributed by atoms with Crippen LogP contribution in [0.25, 0.3) is 0 Å². The highest BCUT2D eigenvalue weighted by Gasteiger charge is 2.29. The number of nitrogens with zero attached hydrogens (tertiary/aromatic N) is 3. The van der Waals surface area contributed by atoms with Crippen molar-refractivity contribution in [1.29, 1.82) is 0 Å². The molecule has 0 radical (unpaired) electrons. The number of unbranched alkanes of at least 4 members (excludes halogenated alkanes) is 1. The number of halogens is 1. The van der Waals surface area contributed by atoms with Crippen LogP contribution in [0.4, 0.5) is 0 Å². The number of aromatic nitrogens is 1. The number of hydrogen-bond acceptors (Lipinski definition) is 2. The summed E-state index contributed by atoms with van der Waals surface area (Å²) in [5.41, 5.74) is 2.76. The summed E-state index contributed by atoms with van der Waals surface area (Å²) >= 11 is 6.44. The van der Waals surface area contributed by atoms with Gasteiger partial charge in [0, 0.05) is 41.6 Å². The molecule has 0 saturated heterocycles. The van der Waals surface area contributed by atoms with E-state index in [1.165, 1.54) is 6.42 Å². The molecule has 1 aliphatic carbocycles. The molecule has 0 aliphatic heterocycles. The first-order valence-corrected chi connectivity index (χ1v) is 14.0. The Labute approximate surface area is 226 Å². The Morgan fingerprint density at radius 3 is 2.41 bits per heavy atom. The van der Waals surface area contributed by atoms with Gasteiger partial charge in [-0.05, 0) is 55.2 Å². The molecule has 0 unspecified atom stereocenters. The number of amides is 2. The maximum absolute atomic E-state index is 13.9. The number of hydrogen-bond donors (Lipinski definition) is 0. The monoisotopic (exact) mass is 519 g/mol. The van der Waals surface area contributed by atoms with E-state index in [2.05, 4.69) is 23.8 Å². The molecule has 0 N–H and O–H groups in total. The van der Waals surface area contributed by atoms with E-state index < -0.39 is 0 Å². The maximum Gasteiger partial charge on any atom is 0.254 e. The van der Waals surface area contributed by atoms with Gasteiger partial charge < -0.3 is 14.4 Å². The Morgan fingerprint density at radius 1 is 0.946 bits per heavy atom. The molecule has 196 valence electrons. The molecule has 1 aliphatic rings. The summed E-state index contributed by atoms with van der Waals surface area (Å²) in [5.74, 6) is -0.0501. The predicted octanol–water partition coefficient (Wildman–Crippen LogP) is 6.79. The summed E-state index contributed by atoms with van der Waals surface area (Å²) in [6.07, 6.45) is 9.40. The van der Waals surface area contributed by atoms with Crippen LogP contribution >= 0.6 is 11.6 Å². The Hall–Kier alpha value is -3.05.